The summed E-state index contributed by atoms with van der Waals surface area (Å²) in [6, 6.07) is 6.66. The molecule has 1 heterocycles. The van der Waals surface area contributed by atoms with Crippen LogP contribution >= 0.6 is 0 Å². The average Bonchev–Trinajstić information content (AvgIpc) is 2.76. The van der Waals surface area contributed by atoms with E-state index in [1.54, 1.807) is 30.5 Å². The van der Waals surface area contributed by atoms with Crippen LogP contribution in [0.1, 0.15) is 16.2 Å². The molecule has 0 saturated heterocycles. The monoisotopic (exact) mass is 245 g/mol. The maximum absolute atomic E-state index is 11.7. The number of benzene rings is 1. The Hall–Kier alpha value is -2.30. The molecule has 0 fully saturated rings. The number of aromatic nitrogens is 2. The van der Waals surface area contributed by atoms with Crippen molar-refractivity contribution in [1.82, 2.24) is 9.55 Å². The van der Waals surface area contributed by atoms with E-state index >= 15 is 0 Å². The topological polar surface area (TPSA) is 70.1 Å². The van der Waals surface area contributed by atoms with Crippen LogP contribution < -0.4 is 5.73 Å². The van der Waals surface area contributed by atoms with Gasteiger partial charge in [0.15, 0.2) is 0 Å². The minimum atomic E-state index is -0.340. The van der Waals surface area contributed by atoms with E-state index in [1.807, 2.05) is 17.7 Å². The summed E-state index contributed by atoms with van der Waals surface area (Å²) in [6.45, 7) is 2.83. The lowest BCUT2D eigenvalue weighted by molar-refractivity contribution is 0.0490. The third kappa shape index (κ3) is 2.88. The van der Waals surface area contributed by atoms with Gasteiger partial charge in [-0.05, 0) is 31.2 Å². The molecule has 0 atom stereocenters. The largest absolute Gasteiger partial charge is 0.460 e. The van der Waals surface area contributed by atoms with Gasteiger partial charge in [0, 0.05) is 18.1 Å². The lowest BCUT2D eigenvalue weighted by atomic mass is 10.2. The summed E-state index contributed by atoms with van der Waals surface area (Å²) in [5.41, 5.74) is 6.68. The molecule has 18 heavy (non-hydrogen) atoms. The number of esters is 1. The third-order valence-electron chi connectivity index (χ3n) is 2.64. The van der Waals surface area contributed by atoms with Gasteiger partial charge in [0.2, 0.25) is 0 Å². The van der Waals surface area contributed by atoms with E-state index in [2.05, 4.69) is 4.98 Å². The van der Waals surface area contributed by atoms with Crippen molar-refractivity contribution in [3.8, 4) is 0 Å². The molecule has 94 valence electrons. The number of nitrogen functional groups attached to an aromatic ring is 1. The van der Waals surface area contributed by atoms with Gasteiger partial charge in [0.05, 0.1) is 12.1 Å². The van der Waals surface area contributed by atoms with Gasteiger partial charge in [-0.3, -0.25) is 0 Å². The van der Waals surface area contributed by atoms with Crippen molar-refractivity contribution >= 4 is 11.7 Å². The van der Waals surface area contributed by atoms with Crippen molar-refractivity contribution in [2.45, 2.75) is 13.5 Å². The first kappa shape index (κ1) is 12.2. The highest BCUT2D eigenvalue weighted by molar-refractivity contribution is 5.89. The number of rotatable bonds is 4. The molecule has 5 nitrogen and oxygen atoms in total. The van der Waals surface area contributed by atoms with E-state index in [0.717, 1.165) is 5.82 Å². The minimum absolute atomic E-state index is 0.320. The molecule has 0 aliphatic carbocycles. The number of imidazole rings is 1. The van der Waals surface area contributed by atoms with Crippen molar-refractivity contribution in [2.75, 3.05) is 12.3 Å². The normalized spacial score (nSPS) is 10.3. The summed E-state index contributed by atoms with van der Waals surface area (Å²) in [6.07, 6.45) is 3.57. The number of nitrogens with zero attached hydrogens (tertiary/aromatic N) is 2. The van der Waals surface area contributed by atoms with Gasteiger partial charge in [-0.1, -0.05) is 0 Å². The van der Waals surface area contributed by atoms with Crippen molar-refractivity contribution in [2.24, 2.45) is 0 Å². The first-order valence-electron chi connectivity index (χ1n) is 5.67. The molecule has 1 aromatic heterocycles. The predicted molar refractivity (Wildman–Crippen MR) is 68.1 cm³/mol. The van der Waals surface area contributed by atoms with Gasteiger partial charge in [-0.25, -0.2) is 9.78 Å². The molecule has 2 aromatic rings. The lowest BCUT2D eigenvalue weighted by Gasteiger charge is -2.07. The van der Waals surface area contributed by atoms with E-state index in [4.69, 9.17) is 10.5 Å². The fourth-order valence-corrected chi connectivity index (χ4v) is 1.58. The average molecular weight is 245 g/mol. The quantitative estimate of drug-likeness (QED) is 0.656. The van der Waals surface area contributed by atoms with E-state index in [1.165, 1.54) is 0 Å². The molecule has 0 radical (unpaired) electrons. The Morgan fingerprint density at radius 2 is 2.11 bits per heavy atom. The van der Waals surface area contributed by atoms with E-state index in [-0.39, 0.29) is 5.97 Å². The summed E-state index contributed by atoms with van der Waals surface area (Å²) in [4.78, 5) is 15.8. The summed E-state index contributed by atoms with van der Waals surface area (Å²) >= 11 is 0. The van der Waals surface area contributed by atoms with Crippen LogP contribution in [0.5, 0.6) is 0 Å². The molecule has 0 bridgehead atoms. The second-order valence-electron chi connectivity index (χ2n) is 3.93. The number of anilines is 1. The predicted octanol–water partition coefficient (Wildman–Crippen LogP) is 1.63. The lowest BCUT2D eigenvalue weighted by Crippen LogP contribution is -2.12. The van der Waals surface area contributed by atoms with Crippen LogP contribution in [0.3, 0.4) is 0 Å². The highest BCUT2D eigenvalue weighted by atomic mass is 16.5. The van der Waals surface area contributed by atoms with Crippen molar-refractivity contribution < 1.29 is 9.53 Å². The molecule has 0 aliphatic rings. The number of hydrogen-bond acceptors (Lipinski definition) is 4. The summed E-state index contributed by atoms with van der Waals surface area (Å²) in [5, 5.41) is 0. The fraction of sp³-hybridized carbons (Fsp3) is 0.231. The molecule has 0 unspecified atom stereocenters. The first-order chi connectivity index (χ1) is 8.66. The minimum Gasteiger partial charge on any atom is -0.460 e. The molecule has 1 aromatic carbocycles. The Balaban J connectivity index is 1.85. The Kier molecular flexibility index (Phi) is 3.62. The van der Waals surface area contributed by atoms with Crippen LogP contribution in [0.4, 0.5) is 5.69 Å². The van der Waals surface area contributed by atoms with Gasteiger partial charge in [0.25, 0.3) is 0 Å². The Bertz CT molecular complexity index is 531. The van der Waals surface area contributed by atoms with E-state index in [0.29, 0.717) is 24.4 Å². The standard InChI is InChI=1S/C13H15N3O2/c1-10-15-6-7-16(10)8-9-18-13(17)11-2-4-12(14)5-3-11/h2-7H,8-9,14H2,1H3. The smallest absolute Gasteiger partial charge is 0.338 e. The first-order valence-corrected chi connectivity index (χ1v) is 5.67. The maximum Gasteiger partial charge on any atom is 0.338 e. The van der Waals surface area contributed by atoms with Gasteiger partial charge in [0.1, 0.15) is 12.4 Å². The highest BCUT2D eigenvalue weighted by Gasteiger charge is 2.06. The van der Waals surface area contributed by atoms with Gasteiger partial charge < -0.3 is 15.0 Å². The summed E-state index contributed by atoms with van der Waals surface area (Å²) < 4.78 is 7.09. The third-order valence-corrected chi connectivity index (χ3v) is 2.64. The molecule has 0 amide bonds. The van der Waals surface area contributed by atoms with Crippen LogP contribution in [0.2, 0.25) is 0 Å². The fourth-order valence-electron chi connectivity index (χ4n) is 1.58. The number of ether oxygens (including phenoxy) is 1. The molecular weight excluding hydrogens is 230 g/mol. The number of nitrogens with two attached hydrogens (primary N) is 1. The van der Waals surface area contributed by atoms with Crippen LogP contribution in [-0.4, -0.2) is 22.1 Å². The van der Waals surface area contributed by atoms with E-state index in [9.17, 15) is 4.79 Å². The second kappa shape index (κ2) is 5.35. The Labute approximate surface area is 105 Å². The van der Waals surface area contributed by atoms with Crippen molar-refractivity contribution in [1.29, 1.82) is 0 Å². The molecule has 2 N–H and O–H groups in total. The maximum atomic E-state index is 11.7. The summed E-state index contributed by atoms with van der Waals surface area (Å²) in [7, 11) is 0. The van der Waals surface area contributed by atoms with Crippen molar-refractivity contribution in [3.63, 3.8) is 0 Å². The van der Waals surface area contributed by atoms with Crippen LogP contribution in [0.25, 0.3) is 0 Å². The van der Waals surface area contributed by atoms with E-state index < -0.39 is 0 Å². The van der Waals surface area contributed by atoms with Crippen molar-refractivity contribution in [3.05, 3.63) is 48.0 Å². The molecule has 2 rings (SSSR count). The van der Waals surface area contributed by atoms with Gasteiger partial charge in [-0.15, -0.1) is 0 Å². The number of aryl methyl sites for hydroxylation is 1. The summed E-state index contributed by atoms with van der Waals surface area (Å²) in [5.74, 6) is 0.561. The number of carbonyl (C=O) groups is 1. The molecule has 0 saturated carbocycles. The van der Waals surface area contributed by atoms with Gasteiger partial charge >= 0.3 is 5.97 Å². The molecule has 0 aliphatic heterocycles. The zero-order valence-corrected chi connectivity index (χ0v) is 10.2. The molecule has 5 heteroatoms. The van der Waals surface area contributed by atoms with Gasteiger partial charge in [-0.2, -0.15) is 0 Å². The zero-order chi connectivity index (χ0) is 13.0. The number of hydrogen-bond donors (Lipinski definition) is 1. The number of carbonyl (C=O) groups excluding carboxylic acids is 1. The molecule has 0 spiro atoms. The highest BCUT2D eigenvalue weighted by Crippen LogP contribution is 2.07. The van der Waals surface area contributed by atoms with Crippen LogP contribution in [0.15, 0.2) is 36.7 Å². The Morgan fingerprint density at radius 1 is 1.39 bits per heavy atom. The van der Waals surface area contributed by atoms with Crippen LogP contribution in [-0.2, 0) is 11.3 Å². The molecular formula is C13H15N3O2. The van der Waals surface area contributed by atoms with Crippen LogP contribution in [0, 0.1) is 6.92 Å². The second-order valence-corrected chi connectivity index (χ2v) is 3.93. The zero-order valence-electron chi connectivity index (χ0n) is 10.2. The SMILES string of the molecule is Cc1nccn1CCOC(=O)c1ccc(N)cc1. The Morgan fingerprint density at radius 3 is 2.72 bits per heavy atom.